The van der Waals surface area contributed by atoms with Gasteiger partial charge in [0.2, 0.25) is 0 Å². The van der Waals surface area contributed by atoms with Crippen LogP contribution in [0.3, 0.4) is 0 Å². The number of nitrogens with one attached hydrogen (secondary N) is 1. The van der Waals surface area contributed by atoms with Crippen LogP contribution in [0.1, 0.15) is 20.3 Å². The van der Waals surface area contributed by atoms with Gasteiger partial charge in [-0.2, -0.15) is 0 Å². The van der Waals surface area contributed by atoms with Gasteiger partial charge in [0.15, 0.2) is 0 Å². The van der Waals surface area contributed by atoms with Crippen molar-refractivity contribution in [2.24, 2.45) is 10.3 Å². The molecule has 1 atom stereocenters. The fourth-order valence-corrected chi connectivity index (χ4v) is 3.24. The normalized spacial score (nSPS) is 20.4. The molecule has 0 aliphatic carbocycles. The molecule has 0 bridgehead atoms. The Kier molecular flexibility index (Phi) is 4.88. The van der Waals surface area contributed by atoms with Crippen molar-refractivity contribution in [3.8, 4) is 0 Å². The highest BCUT2D eigenvalue weighted by Gasteiger charge is 2.27. The van der Waals surface area contributed by atoms with Gasteiger partial charge in [-0.25, -0.2) is 13.2 Å². The van der Waals surface area contributed by atoms with Gasteiger partial charge < -0.3 is 15.3 Å². The lowest BCUT2D eigenvalue weighted by Crippen LogP contribution is -2.43. The van der Waals surface area contributed by atoms with Crippen LogP contribution in [0.2, 0.25) is 0 Å². The second kappa shape index (κ2) is 6.53. The van der Waals surface area contributed by atoms with Gasteiger partial charge in [0, 0.05) is 12.7 Å². The number of fused-ring (bicyclic) bond motifs is 1. The zero-order chi connectivity index (χ0) is 17.2. The van der Waals surface area contributed by atoms with Crippen LogP contribution in [0.25, 0.3) is 0 Å². The number of sulfonamides is 1. The summed E-state index contributed by atoms with van der Waals surface area (Å²) in [6.45, 7) is 3.95. The van der Waals surface area contributed by atoms with E-state index in [0.717, 1.165) is 0 Å². The Bertz CT molecular complexity index is 706. The highest BCUT2D eigenvalue weighted by atomic mass is 32.2. The van der Waals surface area contributed by atoms with Crippen LogP contribution >= 0.6 is 0 Å². The molecule has 2 heterocycles. The lowest BCUT2D eigenvalue weighted by molar-refractivity contribution is -0.141. The third-order valence-electron chi connectivity index (χ3n) is 3.40. The van der Waals surface area contributed by atoms with E-state index in [-0.39, 0.29) is 29.6 Å². The number of hydrogen-bond acceptors (Lipinski definition) is 5. The molecule has 0 spiro atoms. The van der Waals surface area contributed by atoms with Crippen LogP contribution in [0, 0.1) is 5.92 Å². The second-order valence-corrected chi connectivity index (χ2v) is 7.60. The molecule has 1 amide bonds. The van der Waals surface area contributed by atoms with Crippen LogP contribution in [0.5, 0.6) is 0 Å². The Hall–Kier alpha value is -2.16. The Morgan fingerprint density at radius 3 is 2.70 bits per heavy atom. The third-order valence-corrected chi connectivity index (χ3v) is 4.56. The van der Waals surface area contributed by atoms with Gasteiger partial charge in [-0.05, 0) is 24.5 Å². The number of hydrogen-bond donors (Lipinski definition) is 2. The average Bonchev–Trinajstić information content (AvgIpc) is 2.44. The highest BCUT2D eigenvalue weighted by Crippen LogP contribution is 2.16. The molecule has 1 unspecified atom stereocenters. The van der Waals surface area contributed by atoms with Crippen molar-refractivity contribution in [3.63, 3.8) is 0 Å². The maximum atomic E-state index is 12.2. The first-order valence-corrected chi connectivity index (χ1v) is 8.82. The molecule has 0 fully saturated rings. The first kappa shape index (κ1) is 17.2. The number of nitrogens with zero attached hydrogens (tertiary/aromatic N) is 2. The Labute approximate surface area is 134 Å². The first-order chi connectivity index (χ1) is 10.7. The largest absolute Gasteiger partial charge is 0.480 e. The topological polar surface area (TPSA) is 116 Å². The van der Waals surface area contributed by atoms with Gasteiger partial charge in [0.25, 0.3) is 15.9 Å². The van der Waals surface area contributed by atoms with E-state index >= 15 is 0 Å². The highest BCUT2D eigenvalue weighted by molar-refractivity contribution is 7.90. The Balaban J connectivity index is 2.11. The van der Waals surface area contributed by atoms with Gasteiger partial charge in [-0.1, -0.05) is 13.8 Å². The van der Waals surface area contributed by atoms with E-state index in [4.69, 9.17) is 5.11 Å². The van der Waals surface area contributed by atoms with E-state index in [1.807, 2.05) is 13.8 Å². The number of amidine groups is 1. The van der Waals surface area contributed by atoms with E-state index in [2.05, 4.69) is 9.71 Å². The summed E-state index contributed by atoms with van der Waals surface area (Å²) in [5, 5.41) is 11.7. The molecule has 2 aliphatic rings. The second-order valence-electron chi connectivity index (χ2n) is 5.84. The van der Waals surface area contributed by atoms with Gasteiger partial charge in [0.05, 0.1) is 11.3 Å². The lowest BCUT2D eigenvalue weighted by Gasteiger charge is -2.27. The minimum Gasteiger partial charge on any atom is -0.480 e. The number of aliphatic carboxylic acids is 1. The molecule has 0 saturated heterocycles. The lowest BCUT2D eigenvalue weighted by atomic mass is 10.0. The summed E-state index contributed by atoms with van der Waals surface area (Å²) in [7, 11) is -3.45. The number of rotatable bonds is 5. The van der Waals surface area contributed by atoms with Gasteiger partial charge in [0.1, 0.15) is 11.9 Å². The Morgan fingerprint density at radius 1 is 1.39 bits per heavy atom. The fraction of sp³-hybridized carbons (Fsp3) is 0.500. The van der Waals surface area contributed by atoms with Gasteiger partial charge >= 0.3 is 5.97 Å². The average molecular weight is 341 g/mol. The minimum atomic E-state index is -3.45. The third kappa shape index (κ3) is 4.41. The molecule has 2 N–H and O–H groups in total. The van der Waals surface area contributed by atoms with Crippen molar-refractivity contribution >= 4 is 27.7 Å². The predicted octanol–water partition coefficient (Wildman–Crippen LogP) is 0.0995. The number of amides is 1. The first-order valence-electron chi connectivity index (χ1n) is 7.21. The summed E-state index contributed by atoms with van der Waals surface area (Å²) in [5.41, 5.74) is 0.262. The molecule has 0 aromatic carbocycles. The molecule has 23 heavy (non-hydrogen) atoms. The molecule has 8 nitrogen and oxygen atoms in total. The van der Waals surface area contributed by atoms with Crippen molar-refractivity contribution in [2.75, 3.05) is 12.3 Å². The summed E-state index contributed by atoms with van der Waals surface area (Å²) in [5.74, 6) is -1.34. The summed E-state index contributed by atoms with van der Waals surface area (Å²) in [6, 6.07) is -0.964. The maximum absolute atomic E-state index is 12.2. The van der Waals surface area contributed by atoms with Crippen LogP contribution in [-0.4, -0.2) is 54.5 Å². The molecule has 0 saturated carbocycles. The molecule has 0 radical (unpaired) electrons. The van der Waals surface area contributed by atoms with E-state index < -0.39 is 27.9 Å². The molecule has 2 aliphatic heterocycles. The van der Waals surface area contributed by atoms with Crippen molar-refractivity contribution in [1.82, 2.24) is 10.2 Å². The number of carboxylic acids is 1. The smallest absolute Gasteiger partial charge is 0.326 e. The van der Waals surface area contributed by atoms with Crippen molar-refractivity contribution in [1.29, 1.82) is 0 Å². The summed E-state index contributed by atoms with van der Waals surface area (Å²) in [4.78, 5) is 25.0. The SMILES string of the molecule is CC(C)CC(NC(=O)C1=CN2CCS(=O)(=O)N=C2C=C1)C(=O)O. The van der Waals surface area contributed by atoms with E-state index in [1.54, 1.807) is 4.90 Å². The van der Waals surface area contributed by atoms with Crippen LogP contribution < -0.4 is 5.32 Å². The number of carbonyl (C=O) groups excluding carboxylic acids is 1. The maximum Gasteiger partial charge on any atom is 0.326 e. The molecule has 0 aromatic rings. The standard InChI is InChI=1S/C14H19N3O5S/c1-9(2)7-11(14(19)20)15-13(18)10-3-4-12-16-23(21,22)6-5-17(12)8-10/h3-4,8-9,11H,5-7H2,1-2H3,(H,15,18)(H,19,20). The molecular weight excluding hydrogens is 322 g/mol. The summed E-state index contributed by atoms with van der Waals surface area (Å²) >= 11 is 0. The molecular formula is C14H19N3O5S. The molecule has 0 aromatic heterocycles. The molecule has 2 rings (SSSR count). The van der Waals surface area contributed by atoms with Crippen LogP contribution in [0.4, 0.5) is 0 Å². The van der Waals surface area contributed by atoms with Crippen molar-refractivity contribution < 1.29 is 23.1 Å². The quantitative estimate of drug-likeness (QED) is 0.732. The number of carboxylic acid groups (broad SMARTS) is 1. The Morgan fingerprint density at radius 2 is 2.09 bits per heavy atom. The van der Waals surface area contributed by atoms with E-state index in [9.17, 15) is 18.0 Å². The van der Waals surface area contributed by atoms with Crippen LogP contribution in [0.15, 0.2) is 28.3 Å². The number of carbonyl (C=O) groups is 2. The van der Waals surface area contributed by atoms with Gasteiger partial charge in [-0.15, -0.1) is 4.40 Å². The predicted molar refractivity (Wildman–Crippen MR) is 84.2 cm³/mol. The summed E-state index contributed by atoms with van der Waals surface area (Å²) in [6.07, 6.45) is 4.67. The molecule has 9 heteroatoms. The summed E-state index contributed by atoms with van der Waals surface area (Å²) < 4.78 is 26.5. The van der Waals surface area contributed by atoms with Crippen LogP contribution in [-0.2, 0) is 19.6 Å². The minimum absolute atomic E-state index is 0.123. The molecule has 126 valence electrons. The zero-order valence-corrected chi connectivity index (χ0v) is 13.7. The zero-order valence-electron chi connectivity index (χ0n) is 12.9. The van der Waals surface area contributed by atoms with Crippen molar-refractivity contribution in [2.45, 2.75) is 26.3 Å². The van der Waals surface area contributed by atoms with Crippen molar-refractivity contribution in [3.05, 3.63) is 23.9 Å². The monoisotopic (exact) mass is 341 g/mol. The van der Waals surface area contributed by atoms with E-state index in [1.165, 1.54) is 18.4 Å². The van der Waals surface area contributed by atoms with Gasteiger partial charge in [-0.3, -0.25) is 4.79 Å². The fourth-order valence-electron chi connectivity index (χ4n) is 2.27. The van der Waals surface area contributed by atoms with E-state index in [0.29, 0.717) is 6.42 Å².